The standard InChI is InChI=1S/C27H42O2Si/c1-19(9-8-16-30(4,5)6)24-13-14-25-21(10-7-15-27(24,25)3)11-12-22-17-23(28)18-26(29)20(22)2/h11-12,19,23-26,28-29H,2,7,9-10,13-15,17-18H2,1,3-6H3/t19?,23-,24-,25+,26+,27-/m1/s1. The summed E-state index contributed by atoms with van der Waals surface area (Å²) in [5.74, 6) is 5.61. The molecule has 3 saturated carbocycles. The third-order valence-corrected chi connectivity index (χ3v) is 8.80. The van der Waals surface area contributed by atoms with Gasteiger partial charge in [0.05, 0.1) is 12.2 Å². The lowest BCUT2D eigenvalue weighted by Crippen LogP contribution is -2.36. The minimum Gasteiger partial charge on any atom is -0.393 e. The highest BCUT2D eigenvalue weighted by Crippen LogP contribution is 2.59. The molecule has 0 saturated heterocycles. The maximum Gasteiger partial charge on any atom is 0.129 e. The first-order chi connectivity index (χ1) is 14.0. The number of aliphatic hydroxyl groups is 2. The highest BCUT2D eigenvalue weighted by atomic mass is 28.3. The first-order valence-electron chi connectivity index (χ1n) is 12.0. The van der Waals surface area contributed by atoms with E-state index in [9.17, 15) is 10.2 Å². The molecule has 1 unspecified atom stereocenters. The van der Waals surface area contributed by atoms with Gasteiger partial charge >= 0.3 is 0 Å². The summed E-state index contributed by atoms with van der Waals surface area (Å²) in [7, 11) is -1.29. The van der Waals surface area contributed by atoms with Crippen molar-refractivity contribution in [3.8, 4) is 11.5 Å². The maximum absolute atomic E-state index is 10.1. The monoisotopic (exact) mass is 426 g/mol. The van der Waals surface area contributed by atoms with Crippen molar-refractivity contribution >= 4 is 8.07 Å². The van der Waals surface area contributed by atoms with Crippen molar-refractivity contribution in [2.45, 2.75) is 97.1 Å². The van der Waals surface area contributed by atoms with Crippen LogP contribution in [-0.4, -0.2) is 30.5 Å². The largest absolute Gasteiger partial charge is 0.393 e. The Hall–Kier alpha value is -1.08. The summed E-state index contributed by atoms with van der Waals surface area (Å²) in [6.07, 6.45) is 11.8. The van der Waals surface area contributed by atoms with E-state index in [1.54, 1.807) is 5.57 Å². The second-order valence-electron chi connectivity index (χ2n) is 11.4. The van der Waals surface area contributed by atoms with Crippen LogP contribution in [0.5, 0.6) is 0 Å². The average molecular weight is 427 g/mol. The molecule has 0 bridgehead atoms. The van der Waals surface area contributed by atoms with Crippen LogP contribution in [0.3, 0.4) is 0 Å². The Balaban J connectivity index is 1.75. The molecular weight excluding hydrogens is 384 g/mol. The molecule has 0 aromatic rings. The molecule has 2 nitrogen and oxygen atoms in total. The molecular formula is C27H42O2Si. The second kappa shape index (κ2) is 9.19. The molecule has 3 fully saturated rings. The molecule has 0 aromatic carbocycles. The van der Waals surface area contributed by atoms with Gasteiger partial charge in [-0.25, -0.2) is 0 Å². The van der Waals surface area contributed by atoms with Crippen molar-refractivity contribution in [3.63, 3.8) is 0 Å². The fourth-order valence-corrected chi connectivity index (χ4v) is 6.93. The Morgan fingerprint density at radius 2 is 1.97 bits per heavy atom. The first kappa shape index (κ1) is 23.6. The Morgan fingerprint density at radius 1 is 1.23 bits per heavy atom. The number of allylic oxidation sites excluding steroid dienone is 3. The number of hydrogen-bond donors (Lipinski definition) is 2. The third kappa shape index (κ3) is 5.21. The molecule has 6 atom stereocenters. The van der Waals surface area contributed by atoms with Gasteiger partial charge in [0, 0.05) is 12.8 Å². The molecule has 3 heteroatoms. The van der Waals surface area contributed by atoms with Crippen LogP contribution in [0.25, 0.3) is 0 Å². The van der Waals surface area contributed by atoms with Crippen LogP contribution < -0.4 is 0 Å². The predicted octanol–water partition coefficient (Wildman–Crippen LogP) is 6.03. The Bertz CT molecular complexity index is 775. The zero-order chi connectivity index (χ0) is 22.1. The van der Waals surface area contributed by atoms with E-state index in [0.717, 1.165) is 23.5 Å². The van der Waals surface area contributed by atoms with Crippen LogP contribution in [0.2, 0.25) is 19.6 Å². The molecule has 166 valence electrons. The van der Waals surface area contributed by atoms with Gasteiger partial charge in [0.1, 0.15) is 8.07 Å². The molecule has 3 rings (SSSR count). The van der Waals surface area contributed by atoms with Gasteiger partial charge in [0.2, 0.25) is 0 Å². The highest BCUT2D eigenvalue weighted by molar-refractivity contribution is 6.83. The maximum atomic E-state index is 10.1. The minimum absolute atomic E-state index is 0.380. The Kier molecular flexibility index (Phi) is 7.22. The number of fused-ring (bicyclic) bond motifs is 1. The van der Waals surface area contributed by atoms with Crippen molar-refractivity contribution in [2.75, 3.05) is 0 Å². The highest BCUT2D eigenvalue weighted by Gasteiger charge is 2.50. The van der Waals surface area contributed by atoms with Gasteiger partial charge in [-0.3, -0.25) is 0 Å². The zero-order valence-electron chi connectivity index (χ0n) is 19.8. The minimum atomic E-state index is -1.29. The van der Waals surface area contributed by atoms with Crippen molar-refractivity contribution in [1.29, 1.82) is 0 Å². The normalized spacial score (nSPS) is 38.3. The second-order valence-corrected chi connectivity index (χ2v) is 16.1. The molecule has 0 spiro atoms. The summed E-state index contributed by atoms with van der Waals surface area (Å²) in [6, 6.07) is 0. The smallest absolute Gasteiger partial charge is 0.129 e. The Morgan fingerprint density at radius 3 is 2.67 bits per heavy atom. The van der Waals surface area contributed by atoms with E-state index >= 15 is 0 Å². The van der Waals surface area contributed by atoms with E-state index in [4.69, 9.17) is 0 Å². The summed E-state index contributed by atoms with van der Waals surface area (Å²) >= 11 is 0. The SMILES string of the molecule is C=C1C(=CC=C2CCC[C@]3(C)[C@@H](C(C)CC#C[Si](C)(C)C)CC[C@@H]23)C[C@@H](O)C[C@@H]1O. The Labute approximate surface area is 185 Å². The summed E-state index contributed by atoms with van der Waals surface area (Å²) in [5, 5.41) is 20.2. The zero-order valence-corrected chi connectivity index (χ0v) is 20.8. The van der Waals surface area contributed by atoms with Gasteiger partial charge in [-0.1, -0.05) is 57.8 Å². The summed E-state index contributed by atoms with van der Waals surface area (Å²) in [6.45, 7) is 16.0. The molecule has 0 heterocycles. The van der Waals surface area contributed by atoms with E-state index < -0.39 is 20.3 Å². The fourth-order valence-electron chi connectivity index (χ4n) is 6.30. The summed E-state index contributed by atoms with van der Waals surface area (Å²) in [5.41, 5.74) is 7.32. The van der Waals surface area contributed by atoms with Gasteiger partial charge < -0.3 is 10.2 Å². The third-order valence-electron chi connectivity index (χ3n) is 7.88. The molecule has 0 aliphatic heterocycles. The molecule has 0 radical (unpaired) electrons. The van der Waals surface area contributed by atoms with Crippen molar-refractivity contribution < 1.29 is 10.2 Å². The van der Waals surface area contributed by atoms with Crippen LogP contribution in [0.4, 0.5) is 0 Å². The number of hydrogen-bond acceptors (Lipinski definition) is 2. The average Bonchev–Trinajstić information content (AvgIpc) is 3.00. The molecule has 2 N–H and O–H groups in total. The van der Waals surface area contributed by atoms with E-state index in [2.05, 4.69) is 63.7 Å². The molecule has 3 aliphatic carbocycles. The molecule has 0 amide bonds. The van der Waals surface area contributed by atoms with Crippen LogP contribution in [-0.2, 0) is 0 Å². The molecule has 0 aromatic heterocycles. The van der Waals surface area contributed by atoms with Gasteiger partial charge in [0.15, 0.2) is 0 Å². The fraction of sp³-hybridized carbons (Fsp3) is 0.704. The van der Waals surface area contributed by atoms with Crippen LogP contribution in [0, 0.1) is 34.6 Å². The summed E-state index contributed by atoms with van der Waals surface area (Å²) in [4.78, 5) is 0. The van der Waals surface area contributed by atoms with E-state index in [1.807, 2.05) is 0 Å². The van der Waals surface area contributed by atoms with Gasteiger partial charge in [0.25, 0.3) is 0 Å². The topological polar surface area (TPSA) is 40.5 Å². The quantitative estimate of drug-likeness (QED) is 0.427. The van der Waals surface area contributed by atoms with E-state index in [0.29, 0.717) is 30.1 Å². The van der Waals surface area contributed by atoms with E-state index in [1.165, 1.54) is 32.1 Å². The number of aliphatic hydroxyl groups excluding tert-OH is 2. The predicted molar refractivity (Wildman–Crippen MR) is 130 cm³/mol. The first-order valence-corrected chi connectivity index (χ1v) is 15.5. The van der Waals surface area contributed by atoms with Gasteiger partial charge in [-0.15, -0.1) is 11.5 Å². The molecule has 30 heavy (non-hydrogen) atoms. The van der Waals surface area contributed by atoms with Crippen LogP contribution in [0.15, 0.2) is 35.5 Å². The van der Waals surface area contributed by atoms with E-state index in [-0.39, 0.29) is 0 Å². The summed E-state index contributed by atoms with van der Waals surface area (Å²) < 4.78 is 0. The number of rotatable bonds is 3. The van der Waals surface area contributed by atoms with Crippen molar-refractivity contribution in [1.82, 2.24) is 0 Å². The van der Waals surface area contributed by atoms with Crippen molar-refractivity contribution in [3.05, 3.63) is 35.5 Å². The van der Waals surface area contributed by atoms with Crippen LogP contribution >= 0.6 is 0 Å². The lowest BCUT2D eigenvalue weighted by molar-refractivity contribution is 0.0862. The van der Waals surface area contributed by atoms with Crippen LogP contribution in [0.1, 0.15) is 65.2 Å². The lowest BCUT2D eigenvalue weighted by atomic mass is 9.61. The van der Waals surface area contributed by atoms with Gasteiger partial charge in [-0.05, 0) is 72.8 Å². The lowest BCUT2D eigenvalue weighted by Gasteiger charge is -2.44. The van der Waals surface area contributed by atoms with Crippen molar-refractivity contribution in [2.24, 2.45) is 23.2 Å². The molecule has 3 aliphatic rings. The van der Waals surface area contributed by atoms with Gasteiger partial charge in [-0.2, -0.15) is 0 Å².